The van der Waals surface area contributed by atoms with Gasteiger partial charge in [0.05, 0.1) is 26.1 Å². The van der Waals surface area contributed by atoms with Gasteiger partial charge < -0.3 is 23.9 Å². The molecule has 1 aromatic heterocycles. The van der Waals surface area contributed by atoms with Crippen molar-refractivity contribution >= 4 is 0 Å². The predicted octanol–water partition coefficient (Wildman–Crippen LogP) is 3.08. The van der Waals surface area contributed by atoms with E-state index < -0.39 is 5.79 Å². The number of rotatable bonds is 6. The van der Waals surface area contributed by atoms with Gasteiger partial charge in [-0.3, -0.25) is 0 Å². The zero-order valence-corrected chi connectivity index (χ0v) is 14.5. The van der Waals surface area contributed by atoms with Crippen LogP contribution in [0.5, 0.6) is 11.5 Å². The molecule has 2 unspecified atom stereocenters. The first-order valence-electron chi connectivity index (χ1n) is 8.59. The molecule has 2 atom stereocenters. The number of aromatic nitrogens is 2. The molecule has 0 saturated carbocycles. The minimum Gasteiger partial charge on any atom is -0.457 e. The molecule has 1 aliphatic heterocycles. The Morgan fingerprint density at radius 3 is 2.44 bits per heavy atom. The number of nitrogens with zero attached hydrogens (tertiary/aromatic N) is 2. The second-order valence-electron chi connectivity index (χ2n) is 6.30. The number of hydrogen-bond acceptors (Lipinski definition) is 5. The van der Waals surface area contributed by atoms with Crippen LogP contribution < -0.4 is 4.74 Å². The molecule has 0 aliphatic carbocycles. The fraction of sp³-hybridized carbons (Fsp3) is 0.250. The summed E-state index contributed by atoms with van der Waals surface area (Å²) in [4.78, 5) is 4.05. The topological polar surface area (TPSA) is 65.7 Å². The Balaban J connectivity index is 1.56. The Morgan fingerprint density at radius 1 is 1.15 bits per heavy atom. The van der Waals surface area contributed by atoms with Crippen LogP contribution >= 0.6 is 0 Å². The summed E-state index contributed by atoms with van der Waals surface area (Å²) in [6.45, 7) is 0.595. The van der Waals surface area contributed by atoms with Crippen LogP contribution in [0.4, 0.5) is 4.39 Å². The largest absolute Gasteiger partial charge is 0.457 e. The van der Waals surface area contributed by atoms with Gasteiger partial charge in [-0.05, 0) is 48.5 Å². The molecule has 140 valence electrons. The zero-order valence-electron chi connectivity index (χ0n) is 14.5. The highest BCUT2D eigenvalue weighted by molar-refractivity contribution is 5.34. The summed E-state index contributed by atoms with van der Waals surface area (Å²) in [5, 5.41) is 9.43. The lowest BCUT2D eigenvalue weighted by molar-refractivity contribution is -0.190. The van der Waals surface area contributed by atoms with E-state index in [1.54, 1.807) is 36.8 Å². The van der Waals surface area contributed by atoms with E-state index in [4.69, 9.17) is 14.2 Å². The first-order chi connectivity index (χ1) is 13.2. The maximum absolute atomic E-state index is 13.0. The summed E-state index contributed by atoms with van der Waals surface area (Å²) in [5.74, 6) is -0.165. The number of aliphatic hydroxyl groups is 1. The van der Waals surface area contributed by atoms with E-state index in [0.29, 0.717) is 24.7 Å². The molecule has 0 spiro atoms. The SMILES string of the molecule is OCC1COC(Cn2ccnc2)(c2ccc(Oc3ccc(F)cc3)cc2)O1. The van der Waals surface area contributed by atoms with E-state index in [1.807, 2.05) is 22.9 Å². The minimum absolute atomic E-state index is 0.114. The molecule has 1 N–H and O–H groups in total. The molecule has 2 aromatic carbocycles. The normalized spacial score (nSPS) is 22.1. The van der Waals surface area contributed by atoms with Gasteiger partial charge in [-0.2, -0.15) is 0 Å². The first kappa shape index (κ1) is 17.7. The van der Waals surface area contributed by atoms with E-state index in [1.165, 1.54) is 12.1 Å². The van der Waals surface area contributed by atoms with Crippen molar-refractivity contribution in [2.75, 3.05) is 13.2 Å². The highest BCUT2D eigenvalue weighted by Crippen LogP contribution is 2.37. The number of hydrogen-bond donors (Lipinski definition) is 1. The Hall–Kier alpha value is -2.74. The second kappa shape index (κ2) is 7.48. The van der Waals surface area contributed by atoms with Gasteiger partial charge in [-0.1, -0.05) is 0 Å². The van der Waals surface area contributed by atoms with Crippen LogP contribution in [0.2, 0.25) is 0 Å². The smallest absolute Gasteiger partial charge is 0.214 e. The highest BCUT2D eigenvalue weighted by atomic mass is 19.1. The molecule has 0 amide bonds. The van der Waals surface area contributed by atoms with E-state index in [2.05, 4.69) is 4.98 Å². The third-order valence-electron chi connectivity index (χ3n) is 4.36. The highest BCUT2D eigenvalue weighted by Gasteiger charge is 2.43. The summed E-state index contributed by atoms with van der Waals surface area (Å²) < 4.78 is 32.6. The lowest BCUT2D eigenvalue weighted by atomic mass is 10.1. The Labute approximate surface area is 155 Å². The molecule has 1 aliphatic rings. The zero-order chi connectivity index (χ0) is 18.7. The molecule has 7 heteroatoms. The van der Waals surface area contributed by atoms with E-state index in [9.17, 15) is 9.50 Å². The minimum atomic E-state index is -1.01. The van der Waals surface area contributed by atoms with Gasteiger partial charge >= 0.3 is 0 Å². The quantitative estimate of drug-likeness (QED) is 0.722. The lowest BCUT2D eigenvalue weighted by Gasteiger charge is -2.29. The van der Waals surface area contributed by atoms with Crippen LogP contribution in [0.25, 0.3) is 0 Å². The van der Waals surface area contributed by atoms with Crippen LogP contribution in [0.1, 0.15) is 5.56 Å². The standard InChI is InChI=1S/C20H19FN2O4/c21-16-3-7-18(8-4-16)26-17-5-1-15(2-6-17)20(13-23-10-9-22-14-23)25-12-19(11-24)27-20/h1-10,14,19,24H,11-13H2. The van der Waals surface area contributed by atoms with Crippen LogP contribution in [0.3, 0.4) is 0 Å². The Bertz CT molecular complexity index is 868. The van der Waals surface area contributed by atoms with Gasteiger partial charge in [0.25, 0.3) is 0 Å². The van der Waals surface area contributed by atoms with Crippen molar-refractivity contribution in [1.29, 1.82) is 0 Å². The number of imidazole rings is 1. The molecule has 27 heavy (non-hydrogen) atoms. The van der Waals surface area contributed by atoms with Crippen LogP contribution in [0, 0.1) is 5.82 Å². The average molecular weight is 370 g/mol. The number of ether oxygens (including phenoxy) is 3. The Kier molecular flexibility index (Phi) is 4.89. The summed E-state index contributed by atoms with van der Waals surface area (Å²) in [7, 11) is 0. The van der Waals surface area contributed by atoms with Gasteiger partial charge in [-0.25, -0.2) is 9.37 Å². The lowest BCUT2D eigenvalue weighted by Crippen LogP contribution is -2.33. The van der Waals surface area contributed by atoms with Crippen LogP contribution in [0.15, 0.2) is 67.3 Å². The van der Waals surface area contributed by atoms with Crippen molar-refractivity contribution in [3.05, 3.63) is 78.6 Å². The van der Waals surface area contributed by atoms with Gasteiger partial charge in [0.1, 0.15) is 23.4 Å². The fourth-order valence-corrected chi connectivity index (χ4v) is 3.02. The summed E-state index contributed by atoms with van der Waals surface area (Å²) >= 11 is 0. The van der Waals surface area contributed by atoms with Crippen molar-refractivity contribution in [2.24, 2.45) is 0 Å². The van der Waals surface area contributed by atoms with Crippen molar-refractivity contribution in [3.8, 4) is 11.5 Å². The van der Waals surface area contributed by atoms with Crippen molar-refractivity contribution in [1.82, 2.24) is 9.55 Å². The molecule has 4 rings (SSSR count). The van der Waals surface area contributed by atoms with Crippen LogP contribution in [-0.4, -0.2) is 34.0 Å². The summed E-state index contributed by atoms with van der Waals surface area (Å²) in [6, 6.07) is 13.1. The van der Waals surface area contributed by atoms with Crippen molar-refractivity contribution in [2.45, 2.75) is 18.4 Å². The molecule has 6 nitrogen and oxygen atoms in total. The third kappa shape index (κ3) is 3.85. The number of aliphatic hydroxyl groups excluding tert-OH is 1. The van der Waals surface area contributed by atoms with E-state index in [0.717, 1.165) is 5.56 Å². The third-order valence-corrected chi connectivity index (χ3v) is 4.36. The molecule has 0 radical (unpaired) electrons. The first-order valence-corrected chi connectivity index (χ1v) is 8.59. The van der Waals surface area contributed by atoms with Crippen molar-refractivity contribution in [3.63, 3.8) is 0 Å². The molecule has 2 heterocycles. The molecule has 1 fully saturated rings. The number of benzene rings is 2. The van der Waals surface area contributed by atoms with Crippen LogP contribution in [-0.2, 0) is 21.8 Å². The Morgan fingerprint density at radius 2 is 1.85 bits per heavy atom. The summed E-state index contributed by atoms with van der Waals surface area (Å²) in [6.07, 6.45) is 4.81. The molecule has 1 saturated heterocycles. The van der Waals surface area contributed by atoms with Gasteiger partial charge in [0.15, 0.2) is 0 Å². The maximum Gasteiger partial charge on any atom is 0.214 e. The molecule has 0 bridgehead atoms. The van der Waals surface area contributed by atoms with E-state index in [-0.39, 0.29) is 18.5 Å². The van der Waals surface area contributed by atoms with Gasteiger partial charge in [0, 0.05) is 18.0 Å². The summed E-state index contributed by atoms with van der Waals surface area (Å²) in [5.41, 5.74) is 0.804. The molecule has 3 aromatic rings. The van der Waals surface area contributed by atoms with E-state index >= 15 is 0 Å². The maximum atomic E-state index is 13.0. The predicted molar refractivity (Wildman–Crippen MR) is 94.7 cm³/mol. The fourth-order valence-electron chi connectivity index (χ4n) is 3.02. The second-order valence-corrected chi connectivity index (χ2v) is 6.30. The molecular formula is C20H19FN2O4. The van der Waals surface area contributed by atoms with Crippen molar-refractivity contribution < 1.29 is 23.7 Å². The van der Waals surface area contributed by atoms with Gasteiger partial charge in [-0.15, -0.1) is 0 Å². The average Bonchev–Trinajstić information content (AvgIpc) is 3.35. The monoisotopic (exact) mass is 370 g/mol. The molecular weight excluding hydrogens is 351 g/mol. The van der Waals surface area contributed by atoms with Gasteiger partial charge in [0.2, 0.25) is 5.79 Å². The number of halogens is 1.